The van der Waals surface area contributed by atoms with Crippen LogP contribution < -0.4 is 0 Å². The number of hydrogen-bond donors (Lipinski definition) is 0. The second-order valence-electron chi connectivity index (χ2n) is 7.44. The minimum atomic E-state index is -0.206. The van der Waals surface area contributed by atoms with Crippen molar-refractivity contribution >= 4 is 23.1 Å². The molecule has 0 atom stereocenters. The lowest BCUT2D eigenvalue weighted by molar-refractivity contribution is 0.0985. The lowest BCUT2D eigenvalue weighted by atomic mass is 9.75. The maximum absolute atomic E-state index is 13.5. The first kappa shape index (κ1) is 18.2. The Kier molecular flexibility index (Phi) is 4.03. The van der Waals surface area contributed by atoms with Crippen molar-refractivity contribution in [1.82, 2.24) is 0 Å². The molecule has 2 aliphatic rings. The monoisotopic (exact) mass is 374 g/mol. The zero-order valence-electron chi connectivity index (χ0n) is 16.9. The molecule has 0 heterocycles. The maximum Gasteiger partial charge on any atom is 0.198 e. The number of carbonyl (C=O) groups is 2. The first-order valence-corrected chi connectivity index (χ1v) is 9.19. The summed E-state index contributed by atoms with van der Waals surface area (Å²) in [6, 6.07) is 7.56. The van der Waals surface area contributed by atoms with Crippen molar-refractivity contribution < 1.29 is 19.1 Å². The molecule has 4 nitrogen and oxygen atoms in total. The lowest BCUT2D eigenvalue weighted by Gasteiger charge is -2.30. The Balaban J connectivity index is 2.16. The van der Waals surface area contributed by atoms with Crippen molar-refractivity contribution in [3.05, 3.63) is 79.9 Å². The molecule has 0 amide bonds. The smallest absolute Gasteiger partial charge is 0.198 e. The Bertz CT molecular complexity index is 1050. The van der Waals surface area contributed by atoms with Crippen LogP contribution in [-0.4, -0.2) is 25.8 Å². The molecule has 2 aliphatic carbocycles. The molecular formula is C24H22O4. The zero-order valence-corrected chi connectivity index (χ0v) is 16.9. The fourth-order valence-corrected chi connectivity index (χ4v) is 4.01. The molecule has 4 heteroatoms. The van der Waals surface area contributed by atoms with Gasteiger partial charge in [-0.25, -0.2) is 0 Å². The van der Waals surface area contributed by atoms with Crippen molar-refractivity contribution in [3.8, 4) is 0 Å². The van der Waals surface area contributed by atoms with E-state index in [4.69, 9.17) is 9.47 Å². The summed E-state index contributed by atoms with van der Waals surface area (Å²) in [4.78, 5) is 26.9. The van der Waals surface area contributed by atoms with Crippen LogP contribution in [0.25, 0.3) is 11.5 Å². The number of Topliss-reactive ketones (excluding diaryl/α,β-unsaturated/α-hetero) is 2. The standard InChI is InChI=1S/C24H22O4/c1-11-7-15-17(9-13(11)3)23(27-5)20-19(21(15)25)24(28-6)18-10-14(4)12(2)8-16(18)22(20)26/h7-10H,1-6H3. The van der Waals surface area contributed by atoms with E-state index in [2.05, 4.69) is 0 Å². The van der Waals surface area contributed by atoms with Crippen molar-refractivity contribution in [3.63, 3.8) is 0 Å². The van der Waals surface area contributed by atoms with Crippen molar-refractivity contribution in [2.45, 2.75) is 27.7 Å². The fourth-order valence-electron chi connectivity index (χ4n) is 4.01. The van der Waals surface area contributed by atoms with Gasteiger partial charge < -0.3 is 9.47 Å². The third-order valence-corrected chi connectivity index (χ3v) is 5.81. The number of aryl methyl sites for hydroxylation is 4. The van der Waals surface area contributed by atoms with Gasteiger partial charge in [-0.3, -0.25) is 9.59 Å². The molecule has 0 saturated carbocycles. The van der Waals surface area contributed by atoms with Crippen LogP contribution in [-0.2, 0) is 9.47 Å². The van der Waals surface area contributed by atoms with E-state index in [9.17, 15) is 9.59 Å². The van der Waals surface area contributed by atoms with Crippen LogP contribution in [0.1, 0.15) is 54.1 Å². The summed E-state index contributed by atoms with van der Waals surface area (Å²) in [6.45, 7) is 7.89. The summed E-state index contributed by atoms with van der Waals surface area (Å²) in [6.07, 6.45) is 0. The maximum atomic E-state index is 13.5. The lowest BCUT2D eigenvalue weighted by Crippen LogP contribution is -2.27. The van der Waals surface area contributed by atoms with E-state index in [-0.39, 0.29) is 22.7 Å². The number of rotatable bonds is 2. The molecule has 0 aliphatic heterocycles. The molecule has 2 aromatic rings. The quantitative estimate of drug-likeness (QED) is 0.763. The number of benzene rings is 2. The van der Waals surface area contributed by atoms with Crippen LogP contribution in [0.15, 0.2) is 35.4 Å². The molecule has 0 saturated heterocycles. The molecule has 0 bridgehead atoms. The summed E-state index contributed by atoms with van der Waals surface area (Å²) in [5, 5.41) is 0. The van der Waals surface area contributed by atoms with Crippen molar-refractivity contribution in [1.29, 1.82) is 0 Å². The van der Waals surface area contributed by atoms with Crippen LogP contribution in [0.3, 0.4) is 0 Å². The second kappa shape index (κ2) is 6.20. The molecular weight excluding hydrogens is 352 g/mol. The van der Waals surface area contributed by atoms with Gasteiger partial charge in [-0.2, -0.15) is 0 Å². The van der Waals surface area contributed by atoms with E-state index in [0.29, 0.717) is 33.8 Å². The molecule has 0 spiro atoms. The summed E-state index contributed by atoms with van der Waals surface area (Å²) >= 11 is 0. The van der Waals surface area contributed by atoms with Crippen molar-refractivity contribution in [2.75, 3.05) is 14.2 Å². The average Bonchev–Trinajstić information content (AvgIpc) is 2.66. The van der Waals surface area contributed by atoms with Crippen molar-refractivity contribution in [2.24, 2.45) is 0 Å². The van der Waals surface area contributed by atoms with Crippen LogP contribution in [0, 0.1) is 27.7 Å². The average molecular weight is 374 g/mol. The van der Waals surface area contributed by atoms with Gasteiger partial charge in [-0.1, -0.05) is 0 Å². The molecule has 2 aromatic carbocycles. The summed E-state index contributed by atoms with van der Waals surface area (Å²) in [7, 11) is 3.06. The highest BCUT2D eigenvalue weighted by Crippen LogP contribution is 2.45. The first-order valence-electron chi connectivity index (χ1n) is 9.19. The first-order chi connectivity index (χ1) is 13.3. The summed E-state index contributed by atoms with van der Waals surface area (Å²) < 4.78 is 11.4. The Labute approximate surface area is 164 Å². The molecule has 0 unspecified atom stereocenters. The highest BCUT2D eigenvalue weighted by molar-refractivity contribution is 6.34. The van der Waals surface area contributed by atoms with E-state index in [0.717, 1.165) is 22.3 Å². The molecule has 28 heavy (non-hydrogen) atoms. The van der Waals surface area contributed by atoms with E-state index >= 15 is 0 Å². The predicted molar refractivity (Wildman–Crippen MR) is 108 cm³/mol. The second-order valence-corrected chi connectivity index (χ2v) is 7.44. The van der Waals surface area contributed by atoms with Gasteiger partial charge in [-0.15, -0.1) is 0 Å². The fraction of sp³-hybridized carbons (Fsp3) is 0.250. The SMILES string of the molecule is COC1=C2C(=O)c3cc(C)c(C)cc3C(OC)=C2C(=O)c2cc(C)c(C)cc21. The third-order valence-electron chi connectivity index (χ3n) is 5.81. The van der Waals surface area contributed by atoms with Gasteiger partial charge >= 0.3 is 0 Å². The largest absolute Gasteiger partial charge is 0.495 e. The number of allylic oxidation sites excluding steroid dienone is 2. The Morgan fingerprint density at radius 2 is 0.821 bits per heavy atom. The van der Waals surface area contributed by atoms with Gasteiger partial charge in [0.1, 0.15) is 11.5 Å². The van der Waals surface area contributed by atoms with E-state index in [1.165, 1.54) is 14.2 Å². The predicted octanol–water partition coefficient (Wildman–Crippen LogP) is 4.73. The van der Waals surface area contributed by atoms with E-state index in [1.54, 1.807) is 0 Å². The van der Waals surface area contributed by atoms with E-state index < -0.39 is 0 Å². The van der Waals surface area contributed by atoms with Crippen LogP contribution in [0.2, 0.25) is 0 Å². The zero-order chi connectivity index (χ0) is 20.3. The minimum absolute atomic E-state index is 0.206. The van der Waals surface area contributed by atoms with Gasteiger partial charge in [0, 0.05) is 22.3 Å². The number of fused-ring (bicyclic) bond motifs is 3. The molecule has 0 radical (unpaired) electrons. The molecule has 142 valence electrons. The highest BCUT2D eigenvalue weighted by Gasteiger charge is 2.42. The van der Waals surface area contributed by atoms with Crippen LogP contribution in [0.5, 0.6) is 0 Å². The van der Waals surface area contributed by atoms with Gasteiger partial charge in [0.15, 0.2) is 11.6 Å². The summed E-state index contributed by atoms with van der Waals surface area (Å²) in [5.41, 5.74) is 7.07. The Morgan fingerprint density at radius 3 is 1.11 bits per heavy atom. The Hall–Kier alpha value is -3.14. The molecule has 0 aromatic heterocycles. The van der Waals surface area contributed by atoms with Gasteiger partial charge in [0.2, 0.25) is 0 Å². The molecule has 0 fully saturated rings. The molecule has 4 rings (SSSR count). The number of carbonyl (C=O) groups excluding carboxylic acids is 2. The molecule has 0 N–H and O–H groups in total. The van der Waals surface area contributed by atoms with Crippen LogP contribution >= 0.6 is 0 Å². The van der Waals surface area contributed by atoms with Gasteiger partial charge in [-0.05, 0) is 74.2 Å². The van der Waals surface area contributed by atoms with Crippen LogP contribution in [0.4, 0.5) is 0 Å². The number of methoxy groups -OCH3 is 2. The number of ether oxygens (including phenoxy) is 2. The number of ketones is 2. The highest BCUT2D eigenvalue weighted by atomic mass is 16.5. The van der Waals surface area contributed by atoms with Gasteiger partial charge in [0.05, 0.1) is 25.4 Å². The normalized spacial score (nSPS) is 15.4. The minimum Gasteiger partial charge on any atom is -0.495 e. The number of hydrogen-bond acceptors (Lipinski definition) is 4. The van der Waals surface area contributed by atoms with E-state index in [1.807, 2.05) is 52.0 Å². The third kappa shape index (κ3) is 2.30. The summed E-state index contributed by atoms with van der Waals surface area (Å²) in [5.74, 6) is 0.443. The Morgan fingerprint density at radius 1 is 0.536 bits per heavy atom. The van der Waals surface area contributed by atoms with Gasteiger partial charge in [0.25, 0.3) is 0 Å². The topological polar surface area (TPSA) is 52.6 Å².